The Morgan fingerprint density at radius 1 is 0.870 bits per heavy atom. The molecule has 0 atom stereocenters. The van der Waals surface area contributed by atoms with Gasteiger partial charge >= 0.3 is 0 Å². The SMILES string of the molecule is CC1=NN(c2ccc3c(c2)C(=O)c2ccccc2C3=O)CC1=O. The van der Waals surface area contributed by atoms with Crippen molar-refractivity contribution in [3.05, 3.63) is 64.7 Å². The standard InChI is InChI=1S/C18H12N2O3/c1-10-16(21)9-20(19-10)11-6-7-14-15(8-11)18(23)13-5-3-2-4-12(13)17(14)22/h2-8H,9H2,1H3. The summed E-state index contributed by atoms with van der Waals surface area (Å²) in [5, 5.41) is 5.73. The normalized spacial score (nSPS) is 16.3. The Bertz CT molecular complexity index is 928. The van der Waals surface area contributed by atoms with E-state index in [1.165, 1.54) is 0 Å². The van der Waals surface area contributed by atoms with E-state index in [-0.39, 0.29) is 23.9 Å². The average Bonchev–Trinajstić information content (AvgIpc) is 2.91. The van der Waals surface area contributed by atoms with Crippen LogP contribution in [0.2, 0.25) is 0 Å². The van der Waals surface area contributed by atoms with Crippen LogP contribution in [0, 0.1) is 0 Å². The third-order valence-electron chi connectivity index (χ3n) is 4.17. The quantitative estimate of drug-likeness (QED) is 0.691. The topological polar surface area (TPSA) is 66.8 Å². The fourth-order valence-electron chi connectivity index (χ4n) is 2.92. The minimum absolute atomic E-state index is 0.0459. The van der Waals surface area contributed by atoms with E-state index in [0.717, 1.165) is 0 Å². The summed E-state index contributed by atoms with van der Waals surface area (Å²) in [6, 6.07) is 11.8. The number of carbonyl (C=O) groups excluding carboxylic acids is 3. The lowest BCUT2D eigenvalue weighted by molar-refractivity contribution is -0.111. The van der Waals surface area contributed by atoms with Crippen molar-refractivity contribution in [2.24, 2.45) is 5.10 Å². The molecule has 0 fully saturated rings. The van der Waals surface area contributed by atoms with E-state index in [1.807, 2.05) is 0 Å². The molecular weight excluding hydrogens is 292 g/mol. The molecule has 2 aliphatic rings. The van der Waals surface area contributed by atoms with Gasteiger partial charge in [-0.3, -0.25) is 19.4 Å². The summed E-state index contributed by atoms with van der Waals surface area (Å²) in [5.41, 5.74) is 2.68. The number of hydrogen-bond donors (Lipinski definition) is 0. The van der Waals surface area contributed by atoms with Crippen LogP contribution in [0.3, 0.4) is 0 Å². The molecule has 23 heavy (non-hydrogen) atoms. The van der Waals surface area contributed by atoms with Crippen molar-refractivity contribution in [2.75, 3.05) is 11.6 Å². The van der Waals surface area contributed by atoms with E-state index in [2.05, 4.69) is 5.10 Å². The zero-order valence-corrected chi connectivity index (χ0v) is 12.4. The molecule has 0 aromatic heterocycles. The van der Waals surface area contributed by atoms with Crippen LogP contribution in [0.25, 0.3) is 0 Å². The molecule has 0 spiro atoms. The third-order valence-corrected chi connectivity index (χ3v) is 4.17. The Morgan fingerprint density at radius 2 is 1.48 bits per heavy atom. The number of hydrazone groups is 1. The molecule has 5 nitrogen and oxygen atoms in total. The molecule has 1 aliphatic heterocycles. The number of hydrogen-bond acceptors (Lipinski definition) is 5. The summed E-state index contributed by atoms with van der Waals surface area (Å²) >= 11 is 0. The monoisotopic (exact) mass is 304 g/mol. The van der Waals surface area contributed by atoms with E-state index >= 15 is 0 Å². The molecule has 0 saturated heterocycles. The Hall–Kier alpha value is -3.08. The average molecular weight is 304 g/mol. The van der Waals surface area contributed by atoms with E-state index in [0.29, 0.717) is 33.7 Å². The van der Waals surface area contributed by atoms with Crippen LogP contribution >= 0.6 is 0 Å². The van der Waals surface area contributed by atoms with Crippen molar-refractivity contribution in [1.82, 2.24) is 0 Å². The van der Waals surface area contributed by atoms with Gasteiger partial charge in [0.1, 0.15) is 12.3 Å². The smallest absolute Gasteiger partial charge is 0.199 e. The van der Waals surface area contributed by atoms with Gasteiger partial charge in [0.05, 0.1) is 5.69 Å². The summed E-state index contributed by atoms with van der Waals surface area (Å²) in [6.07, 6.45) is 0. The fourth-order valence-corrected chi connectivity index (χ4v) is 2.92. The van der Waals surface area contributed by atoms with Crippen LogP contribution in [0.15, 0.2) is 47.6 Å². The Labute approximate surface area is 132 Å². The Kier molecular flexibility index (Phi) is 2.78. The highest BCUT2D eigenvalue weighted by Gasteiger charge is 2.30. The highest BCUT2D eigenvalue weighted by atomic mass is 16.1. The van der Waals surface area contributed by atoms with Gasteiger partial charge in [0.15, 0.2) is 17.3 Å². The van der Waals surface area contributed by atoms with Gasteiger partial charge in [-0.1, -0.05) is 24.3 Å². The minimum Gasteiger partial charge on any atom is -0.291 e. The molecule has 112 valence electrons. The number of fused-ring (bicyclic) bond motifs is 2. The molecule has 1 aliphatic carbocycles. The van der Waals surface area contributed by atoms with Gasteiger partial charge in [0, 0.05) is 22.3 Å². The molecule has 0 bridgehead atoms. The van der Waals surface area contributed by atoms with E-state index < -0.39 is 0 Å². The molecule has 5 heteroatoms. The maximum Gasteiger partial charge on any atom is 0.199 e. The van der Waals surface area contributed by atoms with Crippen LogP contribution in [-0.4, -0.2) is 29.6 Å². The zero-order valence-electron chi connectivity index (χ0n) is 12.4. The number of anilines is 1. The Balaban J connectivity index is 1.83. The van der Waals surface area contributed by atoms with Crippen molar-refractivity contribution in [3.8, 4) is 0 Å². The fraction of sp³-hybridized carbons (Fsp3) is 0.111. The number of ketones is 3. The van der Waals surface area contributed by atoms with Crippen LogP contribution in [-0.2, 0) is 4.79 Å². The first kappa shape index (κ1) is 13.6. The number of rotatable bonds is 1. The van der Waals surface area contributed by atoms with Gasteiger partial charge in [-0.05, 0) is 25.1 Å². The summed E-state index contributed by atoms with van der Waals surface area (Å²) in [7, 11) is 0. The number of benzene rings is 2. The molecule has 2 aromatic carbocycles. The second-order valence-electron chi connectivity index (χ2n) is 5.60. The lowest BCUT2D eigenvalue weighted by Gasteiger charge is -2.20. The number of nitrogens with zero attached hydrogens (tertiary/aromatic N) is 2. The summed E-state index contributed by atoms with van der Waals surface area (Å²) in [4.78, 5) is 36.9. The van der Waals surface area contributed by atoms with Crippen LogP contribution in [0.1, 0.15) is 38.8 Å². The molecular formula is C18H12N2O3. The van der Waals surface area contributed by atoms with Crippen molar-refractivity contribution in [2.45, 2.75) is 6.92 Å². The maximum absolute atomic E-state index is 12.7. The van der Waals surface area contributed by atoms with E-state index in [4.69, 9.17) is 0 Å². The van der Waals surface area contributed by atoms with Gasteiger partial charge < -0.3 is 0 Å². The highest BCUT2D eigenvalue weighted by Crippen LogP contribution is 2.30. The largest absolute Gasteiger partial charge is 0.291 e. The predicted octanol–water partition coefficient (Wildman–Crippen LogP) is 2.23. The Morgan fingerprint density at radius 3 is 2.09 bits per heavy atom. The lowest BCUT2D eigenvalue weighted by atomic mass is 9.84. The van der Waals surface area contributed by atoms with Crippen molar-refractivity contribution < 1.29 is 14.4 Å². The number of carbonyl (C=O) groups is 3. The molecule has 4 rings (SSSR count). The molecule has 0 amide bonds. The van der Waals surface area contributed by atoms with Crippen molar-refractivity contribution in [3.63, 3.8) is 0 Å². The third kappa shape index (κ3) is 1.93. The number of Topliss-reactive ketones (excluding diaryl/α,β-unsaturated/α-hetero) is 1. The van der Waals surface area contributed by atoms with Crippen molar-refractivity contribution >= 4 is 28.7 Å². The highest BCUT2D eigenvalue weighted by molar-refractivity contribution is 6.42. The van der Waals surface area contributed by atoms with Crippen LogP contribution < -0.4 is 5.01 Å². The van der Waals surface area contributed by atoms with Gasteiger partial charge in [0.2, 0.25) is 0 Å². The first-order valence-corrected chi connectivity index (χ1v) is 7.24. The van der Waals surface area contributed by atoms with Crippen LogP contribution in [0.4, 0.5) is 5.69 Å². The first-order valence-electron chi connectivity index (χ1n) is 7.24. The van der Waals surface area contributed by atoms with Gasteiger partial charge in [-0.15, -0.1) is 0 Å². The lowest BCUT2D eigenvalue weighted by Crippen LogP contribution is -2.22. The molecule has 2 aromatic rings. The second kappa shape index (κ2) is 4.71. The van der Waals surface area contributed by atoms with E-state index in [1.54, 1.807) is 54.4 Å². The van der Waals surface area contributed by atoms with Crippen LogP contribution in [0.5, 0.6) is 0 Å². The molecule has 0 radical (unpaired) electrons. The molecule has 0 unspecified atom stereocenters. The molecule has 0 saturated carbocycles. The summed E-state index contributed by atoms with van der Waals surface area (Å²) in [5.74, 6) is -0.377. The molecule has 0 N–H and O–H groups in total. The summed E-state index contributed by atoms with van der Waals surface area (Å²) < 4.78 is 0. The van der Waals surface area contributed by atoms with Gasteiger partial charge in [-0.25, -0.2) is 0 Å². The minimum atomic E-state index is -0.178. The van der Waals surface area contributed by atoms with Gasteiger partial charge in [-0.2, -0.15) is 5.10 Å². The molecule has 1 heterocycles. The second-order valence-corrected chi connectivity index (χ2v) is 5.60. The maximum atomic E-state index is 12.7. The van der Waals surface area contributed by atoms with E-state index in [9.17, 15) is 14.4 Å². The van der Waals surface area contributed by atoms with Crippen molar-refractivity contribution in [1.29, 1.82) is 0 Å². The van der Waals surface area contributed by atoms with Gasteiger partial charge in [0.25, 0.3) is 0 Å². The zero-order chi connectivity index (χ0) is 16.1. The summed E-state index contributed by atoms with van der Waals surface area (Å²) in [6.45, 7) is 1.81. The first-order chi connectivity index (χ1) is 11.1. The predicted molar refractivity (Wildman–Crippen MR) is 85.2 cm³/mol.